The van der Waals surface area contributed by atoms with Gasteiger partial charge in [-0.15, -0.1) is 5.10 Å². The Labute approximate surface area is 285 Å². The average Bonchev–Trinajstić information content (AvgIpc) is 3.46. The minimum absolute atomic E-state index is 0.271. The van der Waals surface area contributed by atoms with Crippen LogP contribution >= 0.6 is 46.6 Å². The van der Waals surface area contributed by atoms with Crippen molar-refractivity contribution in [2.24, 2.45) is 0 Å². The van der Waals surface area contributed by atoms with Gasteiger partial charge in [-0.05, 0) is 60.5 Å². The molecule has 4 aromatic carbocycles. The Morgan fingerprint density at radius 2 is 1.72 bits per heavy atom. The molecule has 0 saturated carbocycles. The molecule has 0 fully saturated rings. The Bertz CT molecular complexity index is 1930. The van der Waals surface area contributed by atoms with Gasteiger partial charge in [0, 0.05) is 32.1 Å². The van der Waals surface area contributed by atoms with Crippen LogP contribution in [0.2, 0.25) is 15.1 Å². The van der Waals surface area contributed by atoms with Gasteiger partial charge in [-0.2, -0.15) is 4.98 Å². The van der Waals surface area contributed by atoms with Crippen molar-refractivity contribution < 1.29 is 14.3 Å². The summed E-state index contributed by atoms with van der Waals surface area (Å²) < 4.78 is 13.2. The topological polar surface area (TPSA) is 90.3 Å². The fourth-order valence-electron chi connectivity index (χ4n) is 5.04. The van der Waals surface area contributed by atoms with Crippen LogP contribution in [0.1, 0.15) is 29.7 Å². The molecule has 46 heavy (non-hydrogen) atoms. The molecular formula is C34H28Cl3N5O3S. The van der Waals surface area contributed by atoms with Gasteiger partial charge in [-0.25, -0.2) is 4.68 Å². The maximum Gasteiger partial charge on any atom is 0.255 e. The van der Waals surface area contributed by atoms with E-state index >= 15 is 0 Å². The molecule has 0 aliphatic carbocycles. The number of hydrogen-bond donors (Lipinski definition) is 2. The van der Waals surface area contributed by atoms with Crippen LogP contribution in [0.25, 0.3) is 0 Å². The lowest BCUT2D eigenvalue weighted by Crippen LogP contribution is -2.31. The predicted molar refractivity (Wildman–Crippen MR) is 184 cm³/mol. The van der Waals surface area contributed by atoms with Crippen LogP contribution in [0.3, 0.4) is 0 Å². The molecule has 1 aromatic heterocycles. The summed E-state index contributed by atoms with van der Waals surface area (Å²) in [6, 6.07) is 27.2. The van der Waals surface area contributed by atoms with Crippen molar-refractivity contribution in [2.45, 2.75) is 30.5 Å². The largest absolute Gasteiger partial charge is 0.495 e. The Kier molecular flexibility index (Phi) is 9.75. The van der Waals surface area contributed by atoms with Crippen LogP contribution in [0.4, 0.5) is 11.6 Å². The summed E-state index contributed by atoms with van der Waals surface area (Å²) in [7, 11) is 1.56. The van der Waals surface area contributed by atoms with E-state index in [0.717, 1.165) is 16.7 Å². The number of benzene rings is 4. The normalized spacial score (nSPS) is 14.0. The van der Waals surface area contributed by atoms with E-state index in [9.17, 15) is 4.79 Å². The van der Waals surface area contributed by atoms with E-state index in [4.69, 9.17) is 54.4 Å². The summed E-state index contributed by atoms with van der Waals surface area (Å²) in [5.74, 6) is 2.00. The minimum Gasteiger partial charge on any atom is -0.495 e. The lowest BCUT2D eigenvalue weighted by atomic mass is 9.95. The molecule has 234 valence electrons. The molecule has 1 unspecified atom stereocenters. The van der Waals surface area contributed by atoms with Crippen molar-refractivity contribution in [1.82, 2.24) is 14.8 Å². The van der Waals surface area contributed by atoms with Crippen molar-refractivity contribution in [2.75, 3.05) is 17.7 Å². The first-order valence-corrected chi connectivity index (χ1v) is 16.3. The maximum atomic E-state index is 14.0. The highest BCUT2D eigenvalue weighted by atomic mass is 35.5. The van der Waals surface area contributed by atoms with Crippen molar-refractivity contribution >= 4 is 64.1 Å². The fourth-order valence-corrected chi connectivity index (χ4v) is 6.61. The molecule has 8 nitrogen and oxygen atoms in total. The molecule has 0 saturated heterocycles. The SMILES string of the molecule is COc1ccccc1NC(=O)C1=C(C)Nc2nc(SCc3ccccc3Cl)nn2C1c1ccc(OCc2ccc(Cl)cc2Cl)cc1. The van der Waals surface area contributed by atoms with Crippen molar-refractivity contribution in [1.29, 1.82) is 0 Å². The highest BCUT2D eigenvalue weighted by Crippen LogP contribution is 2.38. The van der Waals surface area contributed by atoms with Gasteiger partial charge in [0.1, 0.15) is 24.1 Å². The number of anilines is 2. The van der Waals surface area contributed by atoms with Crippen LogP contribution in [-0.4, -0.2) is 27.8 Å². The lowest BCUT2D eigenvalue weighted by molar-refractivity contribution is -0.113. The fraction of sp³-hybridized carbons (Fsp3) is 0.147. The van der Waals surface area contributed by atoms with Gasteiger partial charge in [0.05, 0.1) is 18.4 Å². The van der Waals surface area contributed by atoms with E-state index < -0.39 is 6.04 Å². The van der Waals surface area contributed by atoms with Crippen LogP contribution in [0.5, 0.6) is 11.5 Å². The van der Waals surface area contributed by atoms with Gasteiger partial charge in [0.2, 0.25) is 11.1 Å². The Morgan fingerprint density at radius 3 is 2.48 bits per heavy atom. The number of thioether (sulfide) groups is 1. The first-order chi connectivity index (χ1) is 22.3. The van der Waals surface area contributed by atoms with E-state index in [-0.39, 0.29) is 12.5 Å². The van der Waals surface area contributed by atoms with Crippen molar-refractivity contribution in [3.05, 3.63) is 134 Å². The molecule has 1 aliphatic rings. The van der Waals surface area contributed by atoms with E-state index in [1.165, 1.54) is 11.8 Å². The number of hydrogen-bond acceptors (Lipinski definition) is 7. The van der Waals surface area contributed by atoms with Crippen molar-refractivity contribution in [3.8, 4) is 11.5 Å². The van der Waals surface area contributed by atoms with Gasteiger partial charge in [0.25, 0.3) is 5.91 Å². The smallest absolute Gasteiger partial charge is 0.255 e. The minimum atomic E-state index is -0.590. The summed E-state index contributed by atoms with van der Waals surface area (Å²) in [6.07, 6.45) is 0. The summed E-state index contributed by atoms with van der Waals surface area (Å²) in [5, 5.41) is 13.5. The molecule has 1 atom stereocenters. The van der Waals surface area contributed by atoms with E-state index in [2.05, 4.69) is 10.6 Å². The number of carbonyl (C=O) groups is 1. The molecule has 5 aromatic rings. The van der Waals surface area contributed by atoms with Gasteiger partial charge in [-0.1, -0.05) is 95.1 Å². The second kappa shape index (κ2) is 14.1. The number of carbonyl (C=O) groups excluding carboxylic acids is 1. The molecule has 0 bridgehead atoms. The number of amides is 1. The number of aromatic nitrogens is 3. The summed E-state index contributed by atoms with van der Waals surface area (Å²) in [5.41, 5.74) is 4.30. The second-order valence-electron chi connectivity index (χ2n) is 10.4. The molecule has 12 heteroatoms. The van der Waals surface area contributed by atoms with E-state index in [1.807, 2.05) is 73.7 Å². The highest BCUT2D eigenvalue weighted by molar-refractivity contribution is 7.98. The maximum absolute atomic E-state index is 14.0. The molecule has 0 radical (unpaired) electrons. The zero-order valence-electron chi connectivity index (χ0n) is 24.8. The first kappa shape index (κ1) is 31.8. The van der Waals surface area contributed by atoms with E-state index in [1.54, 1.807) is 36.1 Å². The highest BCUT2D eigenvalue weighted by Gasteiger charge is 2.34. The van der Waals surface area contributed by atoms with Gasteiger partial charge in [0.15, 0.2) is 0 Å². The van der Waals surface area contributed by atoms with Crippen molar-refractivity contribution in [3.63, 3.8) is 0 Å². The number of allylic oxidation sites excluding steroid dienone is 1. The Hall–Kier alpha value is -4.15. The lowest BCUT2D eigenvalue weighted by Gasteiger charge is -2.29. The molecular weight excluding hydrogens is 665 g/mol. The third-order valence-corrected chi connectivity index (χ3v) is 9.19. The van der Waals surface area contributed by atoms with Crippen LogP contribution < -0.4 is 20.1 Å². The number of rotatable bonds is 10. The van der Waals surface area contributed by atoms with Crippen LogP contribution in [0, 0.1) is 0 Å². The number of para-hydroxylation sites is 2. The summed E-state index contributed by atoms with van der Waals surface area (Å²) >= 11 is 20.2. The Morgan fingerprint density at radius 1 is 0.957 bits per heavy atom. The average molecular weight is 693 g/mol. The van der Waals surface area contributed by atoms with E-state index in [0.29, 0.717) is 60.4 Å². The van der Waals surface area contributed by atoms with Crippen LogP contribution in [0.15, 0.2) is 107 Å². The number of methoxy groups -OCH3 is 1. The van der Waals surface area contributed by atoms with Crippen LogP contribution in [-0.2, 0) is 17.2 Å². The van der Waals surface area contributed by atoms with Gasteiger partial charge in [-0.3, -0.25) is 4.79 Å². The Balaban J connectivity index is 1.30. The standard InChI is InChI=1S/C34H28Cl3N5O3S/c1-20-30(32(43)39-28-9-5-6-10-29(28)44-2)31(21-12-15-25(16-13-21)45-18-22-11-14-24(35)17-27(22)37)42-33(38-20)40-34(41-42)46-19-23-7-3-4-8-26(23)36/h3-17,31H,18-19H2,1-2H3,(H,39,43)(H,38,40,41). The summed E-state index contributed by atoms with van der Waals surface area (Å²) in [4.78, 5) is 18.7. The van der Waals surface area contributed by atoms with Gasteiger partial charge >= 0.3 is 0 Å². The third-order valence-electron chi connectivity index (χ3n) is 7.35. The van der Waals surface area contributed by atoms with Gasteiger partial charge < -0.3 is 20.1 Å². The number of fused-ring (bicyclic) bond motifs is 1. The third kappa shape index (κ3) is 6.98. The number of halogens is 3. The zero-order valence-corrected chi connectivity index (χ0v) is 27.8. The molecule has 0 spiro atoms. The predicted octanol–water partition coefficient (Wildman–Crippen LogP) is 9.05. The molecule has 1 amide bonds. The second-order valence-corrected chi connectivity index (χ2v) is 12.6. The molecule has 6 rings (SSSR count). The monoisotopic (exact) mass is 691 g/mol. The number of nitrogens with zero attached hydrogens (tertiary/aromatic N) is 3. The molecule has 2 heterocycles. The number of ether oxygens (including phenoxy) is 2. The quantitative estimate of drug-likeness (QED) is 0.141. The number of nitrogens with one attached hydrogen (secondary N) is 2. The summed E-state index contributed by atoms with van der Waals surface area (Å²) in [6.45, 7) is 2.12. The molecule has 2 N–H and O–H groups in total. The first-order valence-electron chi connectivity index (χ1n) is 14.2. The molecule has 1 aliphatic heterocycles. The zero-order chi connectivity index (χ0) is 32.2.